The van der Waals surface area contributed by atoms with E-state index in [1.165, 1.54) is 6.08 Å². The molecule has 0 radical (unpaired) electrons. The molecule has 1 heterocycles. The minimum absolute atomic E-state index is 0.0356. The minimum Gasteiger partial charge on any atom is -0.484 e. The Balaban J connectivity index is 2.57. The molecular weight excluding hydrogens is 132 g/mol. The number of carbonyl (C=O) groups excluding carboxylic acids is 1. The van der Waals surface area contributed by atoms with Crippen molar-refractivity contribution in [2.45, 2.75) is 19.4 Å². The lowest BCUT2D eigenvalue weighted by atomic mass is 10.2. The van der Waals surface area contributed by atoms with E-state index >= 15 is 0 Å². The first-order valence-electron chi connectivity index (χ1n) is 3.30. The summed E-state index contributed by atoms with van der Waals surface area (Å²) in [7, 11) is 0. The zero-order chi connectivity index (χ0) is 7.56. The first kappa shape index (κ1) is 7.28. The first-order valence-corrected chi connectivity index (χ1v) is 3.30. The second-order valence-electron chi connectivity index (χ2n) is 2.19. The van der Waals surface area contributed by atoms with Crippen LogP contribution in [0.4, 0.5) is 0 Å². The topological polar surface area (TPSA) is 46.5 Å². The Morgan fingerprint density at radius 1 is 1.80 bits per heavy atom. The Hall–Kier alpha value is -0.830. The molecule has 0 spiro atoms. The highest BCUT2D eigenvalue weighted by Crippen LogP contribution is 2.15. The highest BCUT2D eigenvalue weighted by molar-refractivity contribution is 5.95. The summed E-state index contributed by atoms with van der Waals surface area (Å²) in [5, 5.41) is 8.55. The Bertz CT molecular complexity index is 172. The van der Waals surface area contributed by atoms with Crippen LogP contribution in [-0.4, -0.2) is 23.6 Å². The SMILES string of the molecule is CCC1OC(CO)=CC1=O. The van der Waals surface area contributed by atoms with Gasteiger partial charge in [-0.3, -0.25) is 4.79 Å². The minimum atomic E-state index is -0.345. The van der Waals surface area contributed by atoms with Gasteiger partial charge in [0.2, 0.25) is 0 Å². The molecule has 1 unspecified atom stereocenters. The van der Waals surface area contributed by atoms with E-state index in [1.54, 1.807) is 0 Å². The zero-order valence-corrected chi connectivity index (χ0v) is 5.83. The van der Waals surface area contributed by atoms with Crippen molar-refractivity contribution in [3.8, 4) is 0 Å². The van der Waals surface area contributed by atoms with Crippen molar-refractivity contribution in [1.29, 1.82) is 0 Å². The van der Waals surface area contributed by atoms with Crippen LogP contribution in [0.25, 0.3) is 0 Å². The number of ether oxygens (including phenoxy) is 1. The van der Waals surface area contributed by atoms with Crippen LogP contribution in [0.1, 0.15) is 13.3 Å². The molecule has 0 aliphatic carbocycles. The number of rotatable bonds is 2. The molecule has 0 fully saturated rings. The number of aliphatic hydroxyl groups excluding tert-OH is 1. The number of hydrogen-bond acceptors (Lipinski definition) is 3. The summed E-state index contributed by atoms with van der Waals surface area (Å²) < 4.78 is 5.03. The summed E-state index contributed by atoms with van der Waals surface area (Å²) in [6, 6.07) is 0. The van der Waals surface area contributed by atoms with E-state index in [-0.39, 0.29) is 18.5 Å². The number of ketones is 1. The fourth-order valence-electron chi connectivity index (χ4n) is 0.894. The monoisotopic (exact) mass is 142 g/mol. The molecule has 1 aliphatic rings. The third kappa shape index (κ3) is 1.19. The summed E-state index contributed by atoms with van der Waals surface area (Å²) in [4.78, 5) is 10.9. The molecule has 1 aliphatic heterocycles. The van der Waals surface area contributed by atoms with Crippen molar-refractivity contribution in [1.82, 2.24) is 0 Å². The first-order chi connectivity index (χ1) is 4.77. The van der Waals surface area contributed by atoms with Gasteiger partial charge in [-0.05, 0) is 6.42 Å². The van der Waals surface area contributed by atoms with Crippen LogP contribution in [0, 0.1) is 0 Å². The molecule has 0 aromatic rings. The fourth-order valence-corrected chi connectivity index (χ4v) is 0.894. The zero-order valence-electron chi connectivity index (χ0n) is 5.83. The van der Waals surface area contributed by atoms with Crippen LogP contribution in [0.5, 0.6) is 0 Å². The van der Waals surface area contributed by atoms with Crippen LogP contribution in [-0.2, 0) is 9.53 Å². The van der Waals surface area contributed by atoms with Crippen molar-refractivity contribution < 1.29 is 14.6 Å². The van der Waals surface area contributed by atoms with Crippen molar-refractivity contribution >= 4 is 5.78 Å². The van der Waals surface area contributed by atoms with Gasteiger partial charge < -0.3 is 9.84 Å². The van der Waals surface area contributed by atoms with Gasteiger partial charge in [-0.15, -0.1) is 0 Å². The van der Waals surface area contributed by atoms with Crippen LogP contribution in [0.15, 0.2) is 11.8 Å². The van der Waals surface area contributed by atoms with Gasteiger partial charge in [0.15, 0.2) is 11.9 Å². The van der Waals surface area contributed by atoms with E-state index in [4.69, 9.17) is 9.84 Å². The van der Waals surface area contributed by atoms with Crippen LogP contribution < -0.4 is 0 Å². The third-order valence-electron chi connectivity index (χ3n) is 1.44. The molecular formula is C7H10O3. The Kier molecular flexibility index (Phi) is 2.06. The van der Waals surface area contributed by atoms with E-state index in [9.17, 15) is 4.79 Å². The van der Waals surface area contributed by atoms with Crippen LogP contribution in [0.3, 0.4) is 0 Å². The van der Waals surface area contributed by atoms with E-state index in [0.29, 0.717) is 12.2 Å². The Labute approximate surface area is 59.3 Å². The molecule has 3 nitrogen and oxygen atoms in total. The second-order valence-corrected chi connectivity index (χ2v) is 2.19. The smallest absolute Gasteiger partial charge is 0.199 e. The average Bonchev–Trinajstić information content (AvgIpc) is 2.30. The average molecular weight is 142 g/mol. The molecule has 1 rings (SSSR count). The van der Waals surface area contributed by atoms with Crippen LogP contribution >= 0.6 is 0 Å². The third-order valence-corrected chi connectivity index (χ3v) is 1.44. The number of carbonyl (C=O) groups is 1. The van der Waals surface area contributed by atoms with Gasteiger partial charge in [-0.25, -0.2) is 0 Å². The molecule has 0 saturated heterocycles. The van der Waals surface area contributed by atoms with E-state index < -0.39 is 0 Å². The Morgan fingerprint density at radius 2 is 2.50 bits per heavy atom. The summed E-state index contributed by atoms with van der Waals surface area (Å²) in [6.07, 6.45) is 1.68. The van der Waals surface area contributed by atoms with Crippen molar-refractivity contribution in [2.24, 2.45) is 0 Å². The molecule has 56 valence electrons. The molecule has 3 heteroatoms. The maximum absolute atomic E-state index is 10.9. The molecule has 1 N–H and O–H groups in total. The molecule has 1 atom stereocenters. The summed E-state index contributed by atoms with van der Waals surface area (Å²) >= 11 is 0. The van der Waals surface area contributed by atoms with Gasteiger partial charge in [0.1, 0.15) is 12.4 Å². The van der Waals surface area contributed by atoms with E-state index in [2.05, 4.69) is 0 Å². The van der Waals surface area contributed by atoms with E-state index in [0.717, 1.165) is 0 Å². The molecule has 0 saturated carbocycles. The normalized spacial score (nSPS) is 24.4. The fraction of sp³-hybridized carbons (Fsp3) is 0.571. The van der Waals surface area contributed by atoms with Gasteiger partial charge in [-0.2, -0.15) is 0 Å². The highest BCUT2D eigenvalue weighted by Gasteiger charge is 2.23. The maximum atomic E-state index is 10.9. The van der Waals surface area contributed by atoms with Crippen molar-refractivity contribution in [2.75, 3.05) is 6.61 Å². The second kappa shape index (κ2) is 2.84. The molecule has 0 aromatic carbocycles. The molecule has 0 aromatic heterocycles. The lowest BCUT2D eigenvalue weighted by Gasteiger charge is -2.06. The highest BCUT2D eigenvalue weighted by atomic mass is 16.5. The Morgan fingerprint density at radius 3 is 2.80 bits per heavy atom. The maximum Gasteiger partial charge on any atom is 0.199 e. The lowest BCUT2D eigenvalue weighted by molar-refractivity contribution is -0.120. The standard InChI is InChI=1S/C7H10O3/c1-2-7-6(9)3-5(4-8)10-7/h3,7-8H,2,4H2,1H3. The summed E-state index contributed by atoms with van der Waals surface area (Å²) in [6.45, 7) is 1.69. The summed E-state index contributed by atoms with van der Waals surface area (Å²) in [5.41, 5.74) is 0. The van der Waals surface area contributed by atoms with Gasteiger partial charge in [0, 0.05) is 6.08 Å². The predicted octanol–water partition coefficient (Wildman–Crippen LogP) is 0.240. The van der Waals surface area contributed by atoms with Gasteiger partial charge in [0.05, 0.1) is 0 Å². The number of aliphatic hydroxyl groups is 1. The van der Waals surface area contributed by atoms with Gasteiger partial charge >= 0.3 is 0 Å². The predicted molar refractivity (Wildman–Crippen MR) is 35.3 cm³/mol. The van der Waals surface area contributed by atoms with Gasteiger partial charge in [0.25, 0.3) is 0 Å². The van der Waals surface area contributed by atoms with Gasteiger partial charge in [-0.1, -0.05) is 6.92 Å². The quantitative estimate of drug-likeness (QED) is 0.600. The lowest BCUT2D eigenvalue weighted by Crippen LogP contribution is -2.14. The van der Waals surface area contributed by atoms with Crippen molar-refractivity contribution in [3.05, 3.63) is 11.8 Å². The van der Waals surface area contributed by atoms with E-state index in [1.807, 2.05) is 6.92 Å². The van der Waals surface area contributed by atoms with Crippen molar-refractivity contribution in [3.63, 3.8) is 0 Å². The number of hydrogen-bond donors (Lipinski definition) is 1. The largest absolute Gasteiger partial charge is 0.484 e. The summed E-state index contributed by atoms with van der Waals surface area (Å²) in [5.74, 6) is 0.350. The molecule has 0 bridgehead atoms. The van der Waals surface area contributed by atoms with Crippen LogP contribution in [0.2, 0.25) is 0 Å². The molecule has 10 heavy (non-hydrogen) atoms. The molecule has 0 amide bonds.